The second-order valence-corrected chi connectivity index (χ2v) is 2.56. The number of carbonyl (C=O) groups is 2. The SMILES string of the molecule is NC(=O)Cc1ccccc1NC=O. The maximum atomic E-state index is 10.6. The van der Waals surface area contributed by atoms with E-state index in [2.05, 4.69) is 5.32 Å². The quantitative estimate of drug-likeness (QED) is 0.650. The Bertz CT molecular complexity index is 323. The van der Waals surface area contributed by atoms with E-state index in [-0.39, 0.29) is 6.42 Å². The lowest BCUT2D eigenvalue weighted by Crippen LogP contribution is -2.14. The number of carbonyl (C=O) groups excluding carboxylic acids is 2. The van der Waals surface area contributed by atoms with Gasteiger partial charge in [-0.05, 0) is 11.6 Å². The number of para-hydroxylation sites is 1. The van der Waals surface area contributed by atoms with Gasteiger partial charge in [-0.25, -0.2) is 0 Å². The van der Waals surface area contributed by atoms with Crippen LogP contribution >= 0.6 is 0 Å². The minimum Gasteiger partial charge on any atom is -0.369 e. The zero-order valence-corrected chi connectivity index (χ0v) is 6.99. The fraction of sp³-hybridized carbons (Fsp3) is 0.111. The Kier molecular flexibility index (Phi) is 3.03. The molecule has 3 N–H and O–H groups in total. The van der Waals surface area contributed by atoms with Gasteiger partial charge in [0.1, 0.15) is 0 Å². The van der Waals surface area contributed by atoms with Crippen molar-refractivity contribution in [3.63, 3.8) is 0 Å². The molecule has 13 heavy (non-hydrogen) atoms. The van der Waals surface area contributed by atoms with Crippen molar-refractivity contribution in [3.05, 3.63) is 29.8 Å². The van der Waals surface area contributed by atoms with Crippen LogP contribution in [0.2, 0.25) is 0 Å². The molecular formula is C9H10N2O2. The first-order valence-corrected chi connectivity index (χ1v) is 3.80. The van der Waals surface area contributed by atoms with Gasteiger partial charge in [-0.1, -0.05) is 18.2 Å². The molecule has 0 atom stereocenters. The van der Waals surface area contributed by atoms with E-state index >= 15 is 0 Å². The molecule has 0 saturated heterocycles. The Morgan fingerprint density at radius 2 is 2.15 bits per heavy atom. The fourth-order valence-electron chi connectivity index (χ4n) is 1.07. The van der Waals surface area contributed by atoms with Crippen molar-refractivity contribution in [2.24, 2.45) is 5.73 Å². The van der Waals surface area contributed by atoms with E-state index in [4.69, 9.17) is 5.73 Å². The van der Waals surface area contributed by atoms with Crippen molar-refractivity contribution in [3.8, 4) is 0 Å². The average molecular weight is 178 g/mol. The number of amides is 2. The summed E-state index contributed by atoms with van der Waals surface area (Å²) in [5, 5.41) is 2.49. The van der Waals surface area contributed by atoms with Gasteiger partial charge in [-0.3, -0.25) is 9.59 Å². The van der Waals surface area contributed by atoms with Crippen molar-refractivity contribution in [1.29, 1.82) is 0 Å². The molecule has 2 amide bonds. The third kappa shape index (κ3) is 2.59. The lowest BCUT2D eigenvalue weighted by molar-refractivity contribution is -0.117. The summed E-state index contributed by atoms with van der Waals surface area (Å²) in [6.45, 7) is 0. The first kappa shape index (κ1) is 9.25. The number of hydrogen-bond donors (Lipinski definition) is 2. The third-order valence-electron chi connectivity index (χ3n) is 1.60. The first-order chi connectivity index (χ1) is 6.24. The van der Waals surface area contributed by atoms with Crippen molar-refractivity contribution in [1.82, 2.24) is 0 Å². The summed E-state index contributed by atoms with van der Waals surface area (Å²) in [4.78, 5) is 20.8. The Morgan fingerprint density at radius 1 is 1.46 bits per heavy atom. The monoisotopic (exact) mass is 178 g/mol. The van der Waals surface area contributed by atoms with Crippen LogP contribution in [0.25, 0.3) is 0 Å². The first-order valence-electron chi connectivity index (χ1n) is 3.80. The summed E-state index contributed by atoms with van der Waals surface area (Å²) in [5.74, 6) is -0.417. The molecule has 0 heterocycles. The molecule has 0 spiro atoms. The van der Waals surface area contributed by atoms with Gasteiger partial charge < -0.3 is 11.1 Å². The highest BCUT2D eigenvalue weighted by Crippen LogP contribution is 2.14. The van der Waals surface area contributed by atoms with Crippen LogP contribution in [0.15, 0.2) is 24.3 Å². The largest absolute Gasteiger partial charge is 0.369 e. The standard InChI is InChI=1S/C9H10N2O2/c10-9(13)5-7-3-1-2-4-8(7)11-6-12/h1-4,6H,5H2,(H2,10,13)(H,11,12). The van der Waals surface area contributed by atoms with Gasteiger partial charge in [0.25, 0.3) is 0 Å². The molecule has 0 radical (unpaired) electrons. The zero-order valence-electron chi connectivity index (χ0n) is 6.99. The van der Waals surface area contributed by atoms with Crippen LogP contribution in [0.1, 0.15) is 5.56 Å². The van der Waals surface area contributed by atoms with Gasteiger partial charge in [0.15, 0.2) is 0 Å². The van der Waals surface area contributed by atoms with Crippen LogP contribution in [0, 0.1) is 0 Å². The minimum absolute atomic E-state index is 0.136. The lowest BCUT2D eigenvalue weighted by Gasteiger charge is -2.04. The van der Waals surface area contributed by atoms with E-state index in [0.29, 0.717) is 12.1 Å². The van der Waals surface area contributed by atoms with E-state index in [1.807, 2.05) is 0 Å². The maximum absolute atomic E-state index is 10.6. The Morgan fingerprint density at radius 3 is 2.77 bits per heavy atom. The molecule has 0 aliphatic rings. The highest BCUT2D eigenvalue weighted by molar-refractivity contribution is 5.81. The van der Waals surface area contributed by atoms with Crippen molar-refractivity contribution in [2.45, 2.75) is 6.42 Å². The number of hydrogen-bond acceptors (Lipinski definition) is 2. The molecule has 4 heteroatoms. The summed E-state index contributed by atoms with van der Waals surface area (Å²) in [5.41, 5.74) is 6.38. The maximum Gasteiger partial charge on any atom is 0.221 e. The van der Waals surface area contributed by atoms with Crippen molar-refractivity contribution in [2.75, 3.05) is 5.32 Å². The number of rotatable bonds is 4. The van der Waals surface area contributed by atoms with Crippen molar-refractivity contribution >= 4 is 18.0 Å². The highest BCUT2D eigenvalue weighted by atomic mass is 16.1. The molecule has 0 saturated carbocycles. The molecule has 1 aromatic carbocycles. The number of nitrogens with one attached hydrogen (secondary N) is 1. The summed E-state index contributed by atoms with van der Waals surface area (Å²) in [7, 11) is 0. The van der Waals surface area contributed by atoms with E-state index in [9.17, 15) is 9.59 Å². The van der Waals surface area contributed by atoms with E-state index in [0.717, 1.165) is 5.56 Å². The minimum atomic E-state index is -0.417. The molecule has 0 fully saturated rings. The molecule has 1 aromatic rings. The number of anilines is 1. The fourth-order valence-corrected chi connectivity index (χ4v) is 1.07. The number of nitrogens with two attached hydrogens (primary N) is 1. The van der Waals surface area contributed by atoms with Crippen LogP contribution in [0.5, 0.6) is 0 Å². The molecule has 1 rings (SSSR count). The van der Waals surface area contributed by atoms with Crippen LogP contribution in [-0.2, 0) is 16.0 Å². The molecule has 0 unspecified atom stereocenters. The highest BCUT2D eigenvalue weighted by Gasteiger charge is 2.03. The van der Waals surface area contributed by atoms with Crippen LogP contribution in [0.4, 0.5) is 5.69 Å². The third-order valence-corrected chi connectivity index (χ3v) is 1.60. The summed E-state index contributed by atoms with van der Waals surface area (Å²) < 4.78 is 0. The van der Waals surface area contributed by atoms with Gasteiger partial charge in [0.2, 0.25) is 12.3 Å². The summed E-state index contributed by atoms with van der Waals surface area (Å²) >= 11 is 0. The van der Waals surface area contributed by atoms with Gasteiger partial charge in [0.05, 0.1) is 6.42 Å². The molecule has 68 valence electrons. The smallest absolute Gasteiger partial charge is 0.221 e. The van der Waals surface area contributed by atoms with Crippen LogP contribution < -0.4 is 11.1 Å². The Balaban J connectivity index is 2.90. The predicted molar refractivity (Wildman–Crippen MR) is 49.0 cm³/mol. The lowest BCUT2D eigenvalue weighted by atomic mass is 10.1. The molecule has 0 aromatic heterocycles. The van der Waals surface area contributed by atoms with Gasteiger partial charge >= 0.3 is 0 Å². The average Bonchev–Trinajstić information content (AvgIpc) is 2.08. The predicted octanol–water partition coefficient (Wildman–Crippen LogP) is 0.283. The molecule has 0 aliphatic heterocycles. The normalized spacial score (nSPS) is 9.23. The van der Waals surface area contributed by atoms with Gasteiger partial charge in [-0.15, -0.1) is 0 Å². The van der Waals surface area contributed by atoms with E-state index in [1.165, 1.54) is 0 Å². The van der Waals surface area contributed by atoms with Crippen LogP contribution in [-0.4, -0.2) is 12.3 Å². The van der Waals surface area contributed by atoms with Gasteiger partial charge in [-0.2, -0.15) is 0 Å². The van der Waals surface area contributed by atoms with Crippen molar-refractivity contribution < 1.29 is 9.59 Å². The Hall–Kier alpha value is -1.84. The van der Waals surface area contributed by atoms with Gasteiger partial charge in [0, 0.05) is 5.69 Å². The molecule has 0 aliphatic carbocycles. The molecule has 4 nitrogen and oxygen atoms in total. The number of primary amides is 1. The summed E-state index contributed by atoms with van der Waals surface area (Å²) in [6.07, 6.45) is 0.705. The second-order valence-electron chi connectivity index (χ2n) is 2.56. The summed E-state index contributed by atoms with van der Waals surface area (Å²) in [6, 6.07) is 7.02. The second kappa shape index (κ2) is 4.25. The molecule has 0 bridgehead atoms. The Labute approximate surface area is 75.7 Å². The topological polar surface area (TPSA) is 72.2 Å². The van der Waals surface area contributed by atoms with Crippen LogP contribution in [0.3, 0.4) is 0 Å². The molecular weight excluding hydrogens is 168 g/mol. The van der Waals surface area contributed by atoms with E-state index in [1.54, 1.807) is 24.3 Å². The number of benzene rings is 1. The van der Waals surface area contributed by atoms with E-state index < -0.39 is 5.91 Å². The zero-order chi connectivity index (χ0) is 9.68.